The van der Waals surface area contributed by atoms with E-state index in [1.54, 1.807) is 19.2 Å². The van der Waals surface area contributed by atoms with Crippen molar-refractivity contribution >= 4 is 11.7 Å². The fourth-order valence-corrected chi connectivity index (χ4v) is 3.22. The fourth-order valence-electron chi connectivity index (χ4n) is 3.22. The summed E-state index contributed by atoms with van der Waals surface area (Å²) in [6, 6.07) is 7.19. The van der Waals surface area contributed by atoms with Crippen molar-refractivity contribution in [1.29, 1.82) is 0 Å². The third-order valence-electron chi connectivity index (χ3n) is 4.79. The highest BCUT2D eigenvalue weighted by Gasteiger charge is 2.37. The second-order valence-corrected chi connectivity index (χ2v) is 6.61. The maximum absolute atomic E-state index is 13.0. The van der Waals surface area contributed by atoms with Crippen LogP contribution in [-0.2, 0) is 4.74 Å². The van der Waals surface area contributed by atoms with Gasteiger partial charge < -0.3 is 14.5 Å². The molecular weight excluding hydrogens is 318 g/mol. The minimum atomic E-state index is -0.0458. The summed E-state index contributed by atoms with van der Waals surface area (Å²) < 4.78 is 11.1. The summed E-state index contributed by atoms with van der Waals surface area (Å²) in [6.45, 7) is 3.81. The first-order chi connectivity index (χ1) is 12.1. The van der Waals surface area contributed by atoms with Crippen molar-refractivity contribution in [3.8, 4) is 5.75 Å². The van der Waals surface area contributed by atoms with Crippen LogP contribution in [0.1, 0.15) is 45.7 Å². The number of benzene rings is 1. The summed E-state index contributed by atoms with van der Waals surface area (Å²) >= 11 is 0. The zero-order chi connectivity index (χ0) is 17.6. The standard InChI is InChI=1S/C19H21N3O3/c1-10-15(17(23)13-5-4-6-14(9-13)24-3)11(2)20-16(10)19-22-21-18(25-19)12-7-8-12/h4-6,9,12,18,20-21H,7-8H2,1-3H3. The maximum Gasteiger partial charge on any atom is 0.257 e. The molecule has 1 aliphatic carbocycles. The van der Waals surface area contributed by atoms with Gasteiger partial charge in [-0.05, 0) is 44.4 Å². The van der Waals surface area contributed by atoms with Crippen molar-refractivity contribution in [2.45, 2.75) is 32.9 Å². The molecule has 1 unspecified atom stereocenters. The second-order valence-electron chi connectivity index (χ2n) is 6.61. The number of hydrogen-bond donors (Lipinski definition) is 2. The molecule has 0 saturated heterocycles. The van der Waals surface area contributed by atoms with E-state index in [-0.39, 0.29) is 12.0 Å². The highest BCUT2D eigenvalue weighted by molar-refractivity contribution is 6.12. The topological polar surface area (TPSA) is 75.7 Å². The highest BCUT2D eigenvalue weighted by atomic mass is 16.5. The number of hydrazone groups is 1. The second kappa shape index (κ2) is 5.95. The van der Waals surface area contributed by atoms with Crippen LogP contribution >= 0.6 is 0 Å². The van der Waals surface area contributed by atoms with Gasteiger partial charge in [0.1, 0.15) is 11.4 Å². The third kappa shape index (κ3) is 2.77. The van der Waals surface area contributed by atoms with Crippen LogP contribution in [0.15, 0.2) is 29.4 Å². The molecule has 2 aliphatic rings. The Morgan fingerprint density at radius 1 is 1.32 bits per heavy atom. The Bertz CT molecular complexity index is 865. The van der Waals surface area contributed by atoms with Gasteiger partial charge in [-0.2, -0.15) is 0 Å². The lowest BCUT2D eigenvalue weighted by atomic mass is 9.99. The Morgan fingerprint density at radius 2 is 2.12 bits per heavy atom. The number of aromatic amines is 1. The van der Waals surface area contributed by atoms with E-state index in [1.807, 2.05) is 26.0 Å². The Balaban J connectivity index is 1.64. The molecule has 0 amide bonds. The fraction of sp³-hybridized carbons (Fsp3) is 0.368. The van der Waals surface area contributed by atoms with Gasteiger partial charge in [-0.3, -0.25) is 10.2 Å². The molecule has 1 aliphatic heterocycles. The van der Waals surface area contributed by atoms with Gasteiger partial charge in [0.25, 0.3) is 5.90 Å². The van der Waals surface area contributed by atoms with Crippen LogP contribution in [0.4, 0.5) is 0 Å². The number of ketones is 1. The molecule has 0 bridgehead atoms. The van der Waals surface area contributed by atoms with E-state index in [1.165, 1.54) is 12.8 Å². The number of rotatable bonds is 5. The number of aryl methyl sites for hydroxylation is 1. The summed E-state index contributed by atoms with van der Waals surface area (Å²) in [5.74, 6) is 1.69. The van der Waals surface area contributed by atoms with E-state index in [0.717, 1.165) is 17.0 Å². The van der Waals surface area contributed by atoms with Crippen LogP contribution < -0.4 is 10.2 Å². The molecule has 1 aromatic heterocycles. The van der Waals surface area contributed by atoms with Gasteiger partial charge >= 0.3 is 0 Å². The summed E-state index contributed by atoms with van der Waals surface area (Å²) in [4.78, 5) is 16.3. The molecule has 2 N–H and O–H groups in total. The van der Waals surface area contributed by atoms with Crippen molar-refractivity contribution in [3.63, 3.8) is 0 Å². The maximum atomic E-state index is 13.0. The molecule has 6 heteroatoms. The highest BCUT2D eigenvalue weighted by Crippen LogP contribution is 2.35. The quantitative estimate of drug-likeness (QED) is 0.821. The summed E-state index contributed by atoms with van der Waals surface area (Å²) in [7, 11) is 1.59. The Hall–Kier alpha value is -2.76. The molecule has 1 aromatic carbocycles. The van der Waals surface area contributed by atoms with Crippen LogP contribution in [0, 0.1) is 19.8 Å². The van der Waals surface area contributed by atoms with Crippen molar-refractivity contribution in [3.05, 3.63) is 52.3 Å². The Morgan fingerprint density at radius 3 is 2.84 bits per heavy atom. The van der Waals surface area contributed by atoms with Gasteiger partial charge in [-0.25, -0.2) is 0 Å². The van der Waals surface area contributed by atoms with E-state index in [2.05, 4.69) is 15.5 Å². The summed E-state index contributed by atoms with van der Waals surface area (Å²) in [5, 5.41) is 4.31. The van der Waals surface area contributed by atoms with Crippen molar-refractivity contribution in [2.24, 2.45) is 11.0 Å². The third-order valence-corrected chi connectivity index (χ3v) is 4.79. The molecule has 0 radical (unpaired) electrons. The number of methoxy groups -OCH3 is 1. The largest absolute Gasteiger partial charge is 0.497 e. The van der Waals surface area contributed by atoms with Crippen LogP contribution in [0.25, 0.3) is 0 Å². The number of nitrogens with zero attached hydrogens (tertiary/aromatic N) is 1. The van der Waals surface area contributed by atoms with E-state index < -0.39 is 0 Å². The van der Waals surface area contributed by atoms with Crippen molar-refractivity contribution in [2.75, 3.05) is 7.11 Å². The number of nitrogens with one attached hydrogen (secondary N) is 2. The average Bonchev–Trinajstić information content (AvgIpc) is 3.29. The number of carbonyl (C=O) groups excluding carboxylic acids is 1. The number of aromatic nitrogens is 1. The molecule has 1 fully saturated rings. The van der Waals surface area contributed by atoms with Gasteiger partial charge in [0.15, 0.2) is 12.0 Å². The number of hydrogen-bond acceptors (Lipinski definition) is 5. The van der Waals surface area contributed by atoms with Gasteiger partial charge in [-0.15, -0.1) is 5.10 Å². The number of H-pyrrole nitrogens is 1. The Labute approximate surface area is 146 Å². The van der Waals surface area contributed by atoms with Crippen molar-refractivity contribution < 1.29 is 14.3 Å². The minimum Gasteiger partial charge on any atom is -0.497 e. The average molecular weight is 339 g/mol. The zero-order valence-electron chi connectivity index (χ0n) is 14.6. The molecule has 2 heterocycles. The molecule has 4 rings (SSSR count). The van der Waals surface area contributed by atoms with E-state index in [0.29, 0.717) is 28.7 Å². The lowest BCUT2D eigenvalue weighted by molar-refractivity contribution is 0.103. The molecule has 1 saturated carbocycles. The normalized spacial score (nSPS) is 19.2. The summed E-state index contributed by atoms with van der Waals surface area (Å²) in [6.07, 6.45) is 2.29. The van der Waals surface area contributed by atoms with Gasteiger partial charge in [0.05, 0.1) is 7.11 Å². The lowest BCUT2D eigenvalue weighted by Crippen LogP contribution is -2.24. The predicted octanol–water partition coefficient (Wildman–Crippen LogP) is 2.89. The van der Waals surface area contributed by atoms with Crippen LogP contribution in [0.3, 0.4) is 0 Å². The molecule has 25 heavy (non-hydrogen) atoms. The minimum absolute atomic E-state index is 0.0401. The lowest BCUT2D eigenvalue weighted by Gasteiger charge is -2.09. The van der Waals surface area contributed by atoms with Crippen LogP contribution in [0.5, 0.6) is 5.75 Å². The van der Waals surface area contributed by atoms with Crippen LogP contribution in [0.2, 0.25) is 0 Å². The predicted molar refractivity (Wildman–Crippen MR) is 94.0 cm³/mol. The first-order valence-electron chi connectivity index (χ1n) is 8.46. The van der Waals surface area contributed by atoms with Crippen molar-refractivity contribution in [1.82, 2.24) is 10.4 Å². The SMILES string of the molecule is COc1cccc(C(=O)c2c(C)[nH]c(C3=NNC(C4CC4)O3)c2C)c1. The smallest absolute Gasteiger partial charge is 0.257 e. The molecule has 130 valence electrons. The zero-order valence-corrected chi connectivity index (χ0v) is 14.6. The number of carbonyl (C=O) groups is 1. The van der Waals surface area contributed by atoms with E-state index in [4.69, 9.17) is 9.47 Å². The first-order valence-corrected chi connectivity index (χ1v) is 8.46. The van der Waals surface area contributed by atoms with Gasteiger partial charge in [0.2, 0.25) is 0 Å². The van der Waals surface area contributed by atoms with Gasteiger partial charge in [0, 0.05) is 22.7 Å². The van der Waals surface area contributed by atoms with E-state index in [9.17, 15) is 4.79 Å². The van der Waals surface area contributed by atoms with Gasteiger partial charge in [-0.1, -0.05) is 12.1 Å². The number of ether oxygens (including phenoxy) is 2. The monoisotopic (exact) mass is 339 g/mol. The Kier molecular flexibility index (Phi) is 3.75. The van der Waals surface area contributed by atoms with Crippen LogP contribution in [-0.4, -0.2) is 30.0 Å². The molecular formula is C19H21N3O3. The van der Waals surface area contributed by atoms with E-state index >= 15 is 0 Å². The molecule has 1 atom stereocenters. The molecule has 0 spiro atoms. The molecule has 2 aromatic rings. The molecule has 6 nitrogen and oxygen atoms in total. The summed E-state index contributed by atoms with van der Waals surface area (Å²) in [5.41, 5.74) is 6.72. The first kappa shape index (κ1) is 15.7.